The number of nitro benzene ring substituents is 1. The van der Waals surface area contributed by atoms with E-state index in [1.807, 2.05) is 37.2 Å². The quantitative estimate of drug-likeness (QED) is 0.257. The van der Waals surface area contributed by atoms with Crippen LogP contribution in [-0.4, -0.2) is 67.7 Å². The second kappa shape index (κ2) is 11.1. The molecule has 2 aliphatic rings. The van der Waals surface area contributed by atoms with Gasteiger partial charge in [0.2, 0.25) is 11.8 Å². The van der Waals surface area contributed by atoms with Gasteiger partial charge in [0.25, 0.3) is 5.69 Å². The van der Waals surface area contributed by atoms with Gasteiger partial charge >= 0.3 is 0 Å². The summed E-state index contributed by atoms with van der Waals surface area (Å²) in [5.41, 5.74) is 3.27. The van der Waals surface area contributed by atoms with Crippen LogP contribution in [0, 0.1) is 10.1 Å². The van der Waals surface area contributed by atoms with Crippen LogP contribution in [0.15, 0.2) is 65.7 Å². The number of hydrogen-bond donors (Lipinski definition) is 1. The van der Waals surface area contributed by atoms with Crippen molar-refractivity contribution in [2.75, 3.05) is 50.6 Å². The monoisotopic (exact) mass is 543 g/mol. The molecule has 0 radical (unpaired) electrons. The summed E-state index contributed by atoms with van der Waals surface area (Å²) >= 11 is 0. The van der Waals surface area contributed by atoms with E-state index in [9.17, 15) is 19.7 Å². The molecule has 2 heterocycles. The van der Waals surface area contributed by atoms with Gasteiger partial charge in [0.1, 0.15) is 19.1 Å². The highest BCUT2D eigenvalue weighted by atomic mass is 16.6. The molecule has 0 bridgehead atoms. The third kappa shape index (κ3) is 5.50. The summed E-state index contributed by atoms with van der Waals surface area (Å²) in [4.78, 5) is 45.0. The van der Waals surface area contributed by atoms with Crippen LogP contribution in [0.4, 0.5) is 22.7 Å². The molecule has 1 atom stereocenters. The van der Waals surface area contributed by atoms with Gasteiger partial charge in [0, 0.05) is 43.4 Å². The van der Waals surface area contributed by atoms with E-state index in [0.717, 1.165) is 5.69 Å². The van der Waals surface area contributed by atoms with Gasteiger partial charge in [-0.3, -0.25) is 24.7 Å². The van der Waals surface area contributed by atoms with E-state index in [2.05, 4.69) is 5.32 Å². The molecule has 11 heteroatoms. The summed E-state index contributed by atoms with van der Waals surface area (Å²) in [7, 11) is 3.90. The van der Waals surface area contributed by atoms with E-state index in [0.29, 0.717) is 66.0 Å². The zero-order valence-electron chi connectivity index (χ0n) is 22.4. The molecule has 0 aromatic heterocycles. The molecule has 0 saturated carbocycles. The second-order valence-corrected chi connectivity index (χ2v) is 9.80. The van der Waals surface area contributed by atoms with Gasteiger partial charge in [-0.2, -0.15) is 0 Å². The molecule has 5 rings (SSSR count). The molecule has 1 N–H and O–H groups in total. The molecule has 11 nitrogen and oxygen atoms in total. The zero-order valence-corrected chi connectivity index (χ0v) is 22.4. The lowest BCUT2D eigenvalue weighted by Crippen LogP contribution is -2.35. The fourth-order valence-electron chi connectivity index (χ4n) is 4.75. The number of nitrogens with zero attached hydrogens (tertiary/aromatic N) is 4. The first kappa shape index (κ1) is 26.8. The molecule has 1 unspecified atom stereocenters. The van der Waals surface area contributed by atoms with Crippen molar-refractivity contribution < 1.29 is 24.0 Å². The first-order chi connectivity index (χ1) is 19.2. The molecule has 0 saturated heterocycles. The average Bonchev–Trinajstić information content (AvgIpc) is 3.26. The van der Waals surface area contributed by atoms with Crippen LogP contribution >= 0.6 is 0 Å². The maximum absolute atomic E-state index is 13.3. The number of hydrogen-bond acceptors (Lipinski definition) is 8. The van der Waals surface area contributed by atoms with Crippen LogP contribution in [0.25, 0.3) is 0 Å². The van der Waals surface area contributed by atoms with Crippen molar-refractivity contribution in [3.63, 3.8) is 0 Å². The van der Waals surface area contributed by atoms with Crippen molar-refractivity contribution in [1.82, 2.24) is 4.90 Å². The highest BCUT2D eigenvalue weighted by Gasteiger charge is 2.37. The van der Waals surface area contributed by atoms with Crippen LogP contribution < -0.4 is 19.7 Å². The van der Waals surface area contributed by atoms with Crippen LogP contribution in [0.1, 0.15) is 24.0 Å². The van der Waals surface area contributed by atoms with Gasteiger partial charge in [-0.1, -0.05) is 0 Å². The summed E-state index contributed by atoms with van der Waals surface area (Å²) in [5.74, 6) is -0.0674. The highest BCUT2D eigenvalue weighted by molar-refractivity contribution is 6.24. The van der Waals surface area contributed by atoms with E-state index < -0.39 is 10.8 Å². The molecular formula is C29H29N5O6. The smallest absolute Gasteiger partial charge is 0.271 e. The number of amides is 2. The molecule has 2 aliphatic heterocycles. The second-order valence-electron chi connectivity index (χ2n) is 9.80. The summed E-state index contributed by atoms with van der Waals surface area (Å²) in [6, 6.07) is 16.9. The Hall–Kier alpha value is -4.77. The normalized spacial score (nSPS) is 15.9. The van der Waals surface area contributed by atoms with Crippen molar-refractivity contribution in [2.45, 2.75) is 12.8 Å². The zero-order chi connectivity index (χ0) is 28.4. The number of carbonyl (C=O) groups is 2. The minimum atomic E-state index is -0.813. The van der Waals surface area contributed by atoms with Crippen LogP contribution in [0.3, 0.4) is 0 Å². The number of carbonyl (C=O) groups excluding carboxylic acids is 2. The Kier molecular flexibility index (Phi) is 7.47. The maximum atomic E-state index is 13.3. The Morgan fingerprint density at radius 3 is 2.42 bits per heavy atom. The van der Waals surface area contributed by atoms with E-state index >= 15 is 0 Å². The number of likely N-dealkylation sites (N-methyl/N-ethyl adjacent to an activating group) is 1. The number of fused-ring (bicyclic) bond motifs is 2. The molecule has 0 spiro atoms. The lowest BCUT2D eigenvalue weighted by molar-refractivity contribution is -0.384. The van der Waals surface area contributed by atoms with Gasteiger partial charge in [-0.25, -0.2) is 0 Å². The fraction of sp³-hybridized carbons (Fsp3) is 0.276. The summed E-state index contributed by atoms with van der Waals surface area (Å²) < 4.78 is 11.4. The van der Waals surface area contributed by atoms with Crippen LogP contribution in [0.5, 0.6) is 11.5 Å². The number of ether oxygens (including phenoxy) is 2. The number of rotatable bonds is 8. The Morgan fingerprint density at radius 2 is 1.75 bits per heavy atom. The molecule has 3 aromatic carbocycles. The Labute approximate surface area is 231 Å². The minimum Gasteiger partial charge on any atom is -0.486 e. The first-order valence-electron chi connectivity index (χ1n) is 12.8. The van der Waals surface area contributed by atoms with Crippen LogP contribution in [0.2, 0.25) is 0 Å². The van der Waals surface area contributed by atoms with E-state index in [1.54, 1.807) is 35.2 Å². The number of non-ortho nitro benzene ring substituents is 1. The standard InChI is InChI=1S/C29H29N5O6/c1-18(35)33(13-12-32(2)3)21-7-5-20(6-8-21)30-28(19-4-11-25-26(16-19)40-15-14-39-25)27-23-10-9-22(34(37)38)17-24(23)31-29(27)36/h4-11,16-17,27H,12-15H2,1-3H3,(H,31,36). The molecule has 0 aliphatic carbocycles. The number of nitro groups is 1. The van der Waals surface area contributed by atoms with Crippen molar-refractivity contribution in [3.8, 4) is 11.5 Å². The van der Waals surface area contributed by atoms with Crippen molar-refractivity contribution >= 4 is 40.3 Å². The predicted octanol–water partition coefficient (Wildman–Crippen LogP) is 4.14. The third-order valence-corrected chi connectivity index (χ3v) is 6.75. The van der Waals surface area contributed by atoms with E-state index in [4.69, 9.17) is 14.5 Å². The average molecular weight is 544 g/mol. The molecule has 206 valence electrons. The molecule has 0 fully saturated rings. The van der Waals surface area contributed by atoms with E-state index in [1.165, 1.54) is 19.1 Å². The van der Waals surface area contributed by atoms with Gasteiger partial charge in [0.05, 0.1) is 22.0 Å². The Morgan fingerprint density at radius 1 is 1.02 bits per heavy atom. The summed E-state index contributed by atoms with van der Waals surface area (Å²) in [6.07, 6.45) is 0. The molecule has 3 aromatic rings. The highest BCUT2D eigenvalue weighted by Crippen LogP contribution is 2.40. The SMILES string of the molecule is CC(=O)N(CCN(C)C)c1ccc(N=C(c2ccc3c(c2)OCCO3)C2C(=O)Nc3cc([N+](=O)[O-])ccc32)cc1. The first-order valence-corrected chi connectivity index (χ1v) is 12.8. The topological polar surface area (TPSA) is 127 Å². The Balaban J connectivity index is 1.56. The van der Waals surface area contributed by atoms with E-state index in [-0.39, 0.29) is 17.5 Å². The minimum absolute atomic E-state index is 0.0663. The van der Waals surface area contributed by atoms with Gasteiger partial charge in [0.15, 0.2) is 11.5 Å². The number of aliphatic imine (C=N–C) groups is 1. The molecular weight excluding hydrogens is 514 g/mol. The fourth-order valence-corrected chi connectivity index (χ4v) is 4.75. The summed E-state index contributed by atoms with van der Waals surface area (Å²) in [5, 5.41) is 14.1. The van der Waals surface area contributed by atoms with Crippen molar-refractivity contribution in [1.29, 1.82) is 0 Å². The van der Waals surface area contributed by atoms with Crippen molar-refractivity contribution in [3.05, 3.63) is 81.9 Å². The number of anilines is 2. The van der Waals surface area contributed by atoms with Gasteiger partial charge in [-0.15, -0.1) is 0 Å². The maximum Gasteiger partial charge on any atom is 0.271 e. The predicted molar refractivity (Wildman–Crippen MR) is 151 cm³/mol. The van der Waals surface area contributed by atoms with Crippen molar-refractivity contribution in [2.24, 2.45) is 4.99 Å². The summed E-state index contributed by atoms with van der Waals surface area (Å²) in [6.45, 7) is 3.63. The number of benzene rings is 3. The lowest BCUT2D eigenvalue weighted by atomic mass is 9.90. The van der Waals surface area contributed by atoms with Gasteiger partial charge in [-0.05, 0) is 68.2 Å². The number of nitrogens with one attached hydrogen (secondary N) is 1. The molecule has 40 heavy (non-hydrogen) atoms. The third-order valence-electron chi connectivity index (χ3n) is 6.75. The lowest BCUT2D eigenvalue weighted by Gasteiger charge is -2.23. The van der Waals surface area contributed by atoms with Crippen LogP contribution in [-0.2, 0) is 9.59 Å². The van der Waals surface area contributed by atoms with Gasteiger partial charge < -0.3 is 24.6 Å². The largest absolute Gasteiger partial charge is 0.486 e. The Bertz CT molecular complexity index is 1500. The molecule has 2 amide bonds.